The van der Waals surface area contributed by atoms with Crippen LogP contribution in [0.4, 0.5) is 0 Å². The average molecular weight is 303 g/mol. The van der Waals surface area contributed by atoms with Crippen molar-refractivity contribution in [2.75, 3.05) is 0 Å². The van der Waals surface area contributed by atoms with E-state index in [-0.39, 0.29) is 0 Å². The highest BCUT2D eigenvalue weighted by atomic mass is 35.5. The smallest absolute Gasteiger partial charge is 0.154 e. The first-order valence-electron chi connectivity index (χ1n) is 6.05. The van der Waals surface area contributed by atoms with Crippen molar-refractivity contribution in [1.29, 1.82) is 0 Å². The molecular weight excluding hydrogens is 287 g/mol. The predicted octanol–water partition coefficient (Wildman–Crippen LogP) is 4.48. The lowest BCUT2D eigenvalue weighted by Gasteiger charge is -2.07. The molecule has 1 saturated carbocycles. The van der Waals surface area contributed by atoms with Crippen molar-refractivity contribution in [1.82, 2.24) is 0 Å². The van der Waals surface area contributed by atoms with Crippen LogP contribution >= 0.6 is 35.0 Å². The number of hydrogen-bond acceptors (Lipinski definition) is 2. The number of aliphatic imine (C=N–C) groups is 1. The van der Waals surface area contributed by atoms with Crippen molar-refractivity contribution < 1.29 is 0 Å². The van der Waals surface area contributed by atoms with E-state index < -0.39 is 0 Å². The molecule has 0 heterocycles. The summed E-state index contributed by atoms with van der Waals surface area (Å²) in [6.07, 6.45) is 4.89. The zero-order valence-corrected chi connectivity index (χ0v) is 12.4. The third-order valence-corrected chi connectivity index (χ3v) is 4.47. The number of nitrogens with two attached hydrogens (primary N) is 1. The van der Waals surface area contributed by atoms with Gasteiger partial charge in [-0.25, -0.2) is 0 Å². The Morgan fingerprint density at radius 1 is 1.33 bits per heavy atom. The molecule has 0 bridgehead atoms. The van der Waals surface area contributed by atoms with E-state index in [2.05, 4.69) is 4.99 Å². The minimum Gasteiger partial charge on any atom is -0.379 e. The second-order valence-electron chi connectivity index (χ2n) is 4.43. The summed E-state index contributed by atoms with van der Waals surface area (Å²) in [6, 6.07) is 5.95. The molecule has 1 aromatic rings. The lowest BCUT2D eigenvalue weighted by molar-refractivity contribution is 0.708. The fraction of sp³-hybridized carbons (Fsp3) is 0.462. The van der Waals surface area contributed by atoms with Gasteiger partial charge in [-0.3, -0.25) is 4.99 Å². The third-order valence-electron chi connectivity index (χ3n) is 3.03. The minimum absolute atomic E-state index is 0.429. The zero-order valence-electron chi connectivity index (χ0n) is 10.0. The summed E-state index contributed by atoms with van der Waals surface area (Å²) in [6.45, 7) is 0. The van der Waals surface area contributed by atoms with Crippen LogP contribution in [0.1, 0.15) is 31.2 Å². The first kappa shape index (κ1) is 14.0. The molecule has 98 valence electrons. The molecule has 0 aromatic heterocycles. The van der Waals surface area contributed by atoms with Crippen molar-refractivity contribution in [3.05, 3.63) is 33.8 Å². The van der Waals surface area contributed by atoms with Crippen molar-refractivity contribution in [2.24, 2.45) is 10.7 Å². The number of nitrogens with zero attached hydrogens (tertiary/aromatic N) is 1. The molecule has 18 heavy (non-hydrogen) atoms. The van der Waals surface area contributed by atoms with E-state index in [1.165, 1.54) is 37.4 Å². The van der Waals surface area contributed by atoms with Crippen molar-refractivity contribution in [3.63, 3.8) is 0 Å². The molecule has 0 aliphatic heterocycles. The van der Waals surface area contributed by atoms with E-state index in [9.17, 15) is 0 Å². The van der Waals surface area contributed by atoms with Crippen LogP contribution in [0.15, 0.2) is 23.2 Å². The summed E-state index contributed by atoms with van der Waals surface area (Å²) in [5.41, 5.74) is 6.96. The molecule has 0 unspecified atom stereocenters. The summed E-state index contributed by atoms with van der Waals surface area (Å²) in [5.74, 6) is 0.734. The van der Waals surface area contributed by atoms with Gasteiger partial charge in [-0.05, 0) is 30.5 Å². The van der Waals surface area contributed by atoms with Gasteiger partial charge in [0.05, 0.1) is 6.04 Å². The molecule has 2 N–H and O–H groups in total. The van der Waals surface area contributed by atoms with Gasteiger partial charge in [0.2, 0.25) is 0 Å². The Morgan fingerprint density at radius 2 is 2.06 bits per heavy atom. The van der Waals surface area contributed by atoms with E-state index in [4.69, 9.17) is 28.9 Å². The van der Waals surface area contributed by atoms with Gasteiger partial charge >= 0.3 is 0 Å². The topological polar surface area (TPSA) is 38.4 Å². The zero-order chi connectivity index (χ0) is 13.0. The maximum absolute atomic E-state index is 6.10. The fourth-order valence-corrected chi connectivity index (χ4v) is 3.37. The first-order chi connectivity index (χ1) is 8.65. The fourth-order valence-electron chi connectivity index (χ4n) is 2.04. The third kappa shape index (κ3) is 4.08. The summed E-state index contributed by atoms with van der Waals surface area (Å²) in [5, 5.41) is 2.00. The summed E-state index contributed by atoms with van der Waals surface area (Å²) >= 11 is 13.5. The highest BCUT2D eigenvalue weighted by Crippen LogP contribution is 2.26. The normalized spacial score (nSPS) is 17.3. The maximum atomic E-state index is 6.10. The SMILES string of the molecule is NC(=NC1CCCC1)SCc1ccc(Cl)cc1Cl. The van der Waals surface area contributed by atoms with Crippen LogP contribution in [0.5, 0.6) is 0 Å². The molecule has 1 aliphatic carbocycles. The van der Waals surface area contributed by atoms with Crippen molar-refractivity contribution in [2.45, 2.75) is 37.5 Å². The van der Waals surface area contributed by atoms with Crippen LogP contribution < -0.4 is 5.73 Å². The van der Waals surface area contributed by atoms with Crippen molar-refractivity contribution in [3.8, 4) is 0 Å². The van der Waals surface area contributed by atoms with Crippen LogP contribution in [-0.4, -0.2) is 11.2 Å². The van der Waals surface area contributed by atoms with Gasteiger partial charge in [-0.1, -0.05) is 53.9 Å². The largest absolute Gasteiger partial charge is 0.379 e. The molecule has 0 atom stereocenters. The number of amidine groups is 1. The Labute approximate surface area is 122 Å². The van der Waals surface area contributed by atoms with Gasteiger partial charge in [-0.15, -0.1) is 0 Å². The number of thioether (sulfide) groups is 1. The van der Waals surface area contributed by atoms with Crippen LogP contribution in [0, 0.1) is 0 Å². The van der Waals surface area contributed by atoms with Crippen molar-refractivity contribution >= 4 is 40.1 Å². The van der Waals surface area contributed by atoms with Gasteiger partial charge in [0.15, 0.2) is 5.17 Å². The molecule has 5 heteroatoms. The second-order valence-corrected chi connectivity index (χ2v) is 6.27. The van der Waals surface area contributed by atoms with Gasteiger partial charge in [0, 0.05) is 15.8 Å². The van der Waals surface area contributed by atoms with E-state index in [1.54, 1.807) is 6.07 Å². The average Bonchev–Trinajstić information content (AvgIpc) is 2.80. The number of benzene rings is 1. The molecule has 0 saturated heterocycles. The monoisotopic (exact) mass is 302 g/mol. The molecule has 2 nitrogen and oxygen atoms in total. The molecule has 1 aliphatic rings. The Kier molecular flexibility index (Phi) is 5.22. The van der Waals surface area contributed by atoms with Crippen LogP contribution in [-0.2, 0) is 5.75 Å². The molecule has 0 spiro atoms. The van der Waals surface area contributed by atoms with Crippen LogP contribution in [0.25, 0.3) is 0 Å². The quantitative estimate of drug-likeness (QED) is 0.660. The number of halogens is 2. The standard InChI is InChI=1S/C13H16Cl2N2S/c14-10-6-5-9(12(15)7-10)8-18-13(16)17-11-3-1-2-4-11/h5-7,11H,1-4,8H2,(H2,16,17). The Hall–Kier alpha value is -0.380. The highest BCUT2D eigenvalue weighted by molar-refractivity contribution is 8.13. The van der Waals surface area contributed by atoms with Crippen LogP contribution in [0.2, 0.25) is 10.0 Å². The van der Waals surface area contributed by atoms with E-state index in [0.29, 0.717) is 21.3 Å². The molecular formula is C13H16Cl2N2S. The summed E-state index contributed by atoms with van der Waals surface area (Å²) in [4.78, 5) is 4.53. The molecule has 1 aromatic carbocycles. The lowest BCUT2D eigenvalue weighted by atomic mass is 10.2. The molecule has 0 amide bonds. The first-order valence-corrected chi connectivity index (χ1v) is 7.79. The highest BCUT2D eigenvalue weighted by Gasteiger charge is 2.14. The Morgan fingerprint density at radius 3 is 2.72 bits per heavy atom. The molecule has 2 rings (SSSR count). The molecule has 0 radical (unpaired) electrons. The van der Waals surface area contributed by atoms with Gasteiger partial charge < -0.3 is 5.73 Å². The van der Waals surface area contributed by atoms with Gasteiger partial charge in [0.25, 0.3) is 0 Å². The Bertz CT molecular complexity index is 443. The van der Waals surface area contributed by atoms with Gasteiger partial charge in [-0.2, -0.15) is 0 Å². The summed E-state index contributed by atoms with van der Waals surface area (Å²) in [7, 11) is 0. The van der Waals surface area contributed by atoms with E-state index in [0.717, 1.165) is 11.3 Å². The minimum atomic E-state index is 0.429. The second kappa shape index (κ2) is 6.69. The number of hydrogen-bond donors (Lipinski definition) is 1. The van der Waals surface area contributed by atoms with Crippen LogP contribution in [0.3, 0.4) is 0 Å². The van der Waals surface area contributed by atoms with E-state index in [1.807, 2.05) is 12.1 Å². The predicted molar refractivity (Wildman–Crippen MR) is 81.6 cm³/mol. The number of rotatable bonds is 3. The Balaban J connectivity index is 1.90. The lowest BCUT2D eigenvalue weighted by Crippen LogP contribution is -2.11. The van der Waals surface area contributed by atoms with E-state index >= 15 is 0 Å². The summed E-state index contributed by atoms with van der Waals surface area (Å²) < 4.78 is 0. The maximum Gasteiger partial charge on any atom is 0.154 e. The molecule has 1 fully saturated rings. The van der Waals surface area contributed by atoms with Gasteiger partial charge in [0.1, 0.15) is 0 Å².